The van der Waals surface area contributed by atoms with Crippen molar-refractivity contribution in [2.24, 2.45) is 11.8 Å². The molecular weight excluding hydrogens is 414 g/mol. The maximum Gasteiger partial charge on any atom is 0.316 e. The number of hydrogen-bond donors (Lipinski definition) is 1. The number of hydrogen-bond acceptors (Lipinski definition) is 7. The van der Waals surface area contributed by atoms with Gasteiger partial charge in [-0.2, -0.15) is 0 Å². The molecule has 1 aromatic carbocycles. The summed E-state index contributed by atoms with van der Waals surface area (Å²) in [5.41, 5.74) is 0.735. The van der Waals surface area contributed by atoms with Gasteiger partial charge in [-0.15, -0.1) is 10.2 Å². The highest BCUT2D eigenvalue weighted by Gasteiger charge is 2.28. The van der Waals surface area contributed by atoms with E-state index in [-0.39, 0.29) is 29.5 Å². The Morgan fingerprint density at radius 3 is 2.76 bits per heavy atom. The Balaban J connectivity index is 1.40. The molecule has 1 aromatic heterocycles. The van der Waals surface area contributed by atoms with E-state index in [0.29, 0.717) is 22.7 Å². The second-order valence-corrected chi connectivity index (χ2v) is 8.63. The molecule has 1 amide bonds. The second-order valence-electron chi connectivity index (χ2n) is 7.27. The average molecular weight is 438 g/mol. The molecule has 0 unspecified atom stereocenters. The summed E-state index contributed by atoms with van der Waals surface area (Å²) in [6, 6.07) is 7.13. The van der Waals surface area contributed by atoms with E-state index in [4.69, 9.17) is 20.8 Å². The molecule has 0 spiro atoms. The molecule has 0 saturated heterocycles. The lowest BCUT2D eigenvalue weighted by Crippen LogP contribution is -2.45. The Hall–Kier alpha value is -2.06. The minimum Gasteiger partial charge on any atom is -0.455 e. The van der Waals surface area contributed by atoms with E-state index < -0.39 is 5.97 Å². The zero-order valence-corrected chi connectivity index (χ0v) is 18.0. The number of thioether (sulfide) groups is 1. The third kappa shape index (κ3) is 6.21. The van der Waals surface area contributed by atoms with Crippen molar-refractivity contribution in [3.8, 4) is 11.5 Å². The zero-order valence-electron chi connectivity index (χ0n) is 16.4. The highest BCUT2D eigenvalue weighted by molar-refractivity contribution is 7.99. The van der Waals surface area contributed by atoms with Gasteiger partial charge >= 0.3 is 5.97 Å². The largest absolute Gasteiger partial charge is 0.455 e. The van der Waals surface area contributed by atoms with E-state index in [1.54, 1.807) is 24.3 Å². The molecule has 0 aliphatic heterocycles. The fraction of sp³-hybridized carbons (Fsp3) is 0.500. The number of aromatic nitrogens is 2. The molecule has 0 bridgehead atoms. The Kier molecular flexibility index (Phi) is 7.55. The predicted octanol–water partition coefficient (Wildman–Crippen LogP) is 3.97. The molecule has 1 aliphatic rings. The van der Waals surface area contributed by atoms with Gasteiger partial charge in [0.05, 0.1) is 0 Å². The number of nitrogens with zero attached hydrogens (tertiary/aromatic N) is 2. The molecule has 1 fully saturated rings. The van der Waals surface area contributed by atoms with Gasteiger partial charge in [0.2, 0.25) is 5.89 Å². The summed E-state index contributed by atoms with van der Waals surface area (Å²) in [6.45, 7) is 4.08. The van der Waals surface area contributed by atoms with Crippen LogP contribution in [0.15, 0.2) is 33.9 Å². The molecule has 2 aromatic rings. The molecular formula is C20H24ClN3O4S. The van der Waals surface area contributed by atoms with Crippen LogP contribution in [0.3, 0.4) is 0 Å². The number of amides is 1. The van der Waals surface area contributed by atoms with Crippen molar-refractivity contribution in [1.29, 1.82) is 0 Å². The van der Waals surface area contributed by atoms with Crippen LogP contribution >= 0.6 is 23.4 Å². The maximum atomic E-state index is 12.1. The fourth-order valence-electron chi connectivity index (χ4n) is 3.32. The van der Waals surface area contributed by atoms with Crippen molar-refractivity contribution in [2.45, 2.75) is 44.4 Å². The van der Waals surface area contributed by atoms with Crippen molar-refractivity contribution in [3.63, 3.8) is 0 Å². The number of nitrogens with one attached hydrogen (secondary N) is 1. The molecule has 1 saturated carbocycles. The first kappa shape index (κ1) is 21.6. The molecule has 29 heavy (non-hydrogen) atoms. The van der Waals surface area contributed by atoms with Gasteiger partial charge in [-0.05, 0) is 42.5 Å². The van der Waals surface area contributed by atoms with E-state index in [0.717, 1.165) is 30.2 Å². The number of carbonyl (C=O) groups excluding carboxylic acids is 2. The Bertz CT molecular complexity index is 843. The summed E-state index contributed by atoms with van der Waals surface area (Å²) < 4.78 is 10.6. The molecule has 1 aliphatic carbocycles. The summed E-state index contributed by atoms with van der Waals surface area (Å²) in [7, 11) is 0. The average Bonchev–Trinajstić information content (AvgIpc) is 3.18. The van der Waals surface area contributed by atoms with Gasteiger partial charge in [-0.25, -0.2) is 0 Å². The van der Waals surface area contributed by atoms with Gasteiger partial charge in [0.25, 0.3) is 11.1 Å². The van der Waals surface area contributed by atoms with Crippen molar-refractivity contribution >= 4 is 35.2 Å². The van der Waals surface area contributed by atoms with Gasteiger partial charge in [-0.1, -0.05) is 50.1 Å². The molecule has 1 N–H and O–H groups in total. The fourth-order valence-corrected chi connectivity index (χ4v) is 4.01. The third-order valence-electron chi connectivity index (χ3n) is 5.23. The number of halogens is 1. The molecule has 7 nitrogen and oxygen atoms in total. The lowest BCUT2D eigenvalue weighted by Gasteiger charge is -2.34. The van der Waals surface area contributed by atoms with Gasteiger partial charge < -0.3 is 14.5 Å². The Labute approximate surface area is 178 Å². The van der Waals surface area contributed by atoms with Gasteiger partial charge in [0, 0.05) is 16.6 Å². The summed E-state index contributed by atoms with van der Waals surface area (Å²) in [6.07, 6.45) is 3.26. The number of carbonyl (C=O) groups is 2. The van der Waals surface area contributed by atoms with E-state index in [1.165, 1.54) is 6.42 Å². The van der Waals surface area contributed by atoms with Crippen molar-refractivity contribution < 1.29 is 18.7 Å². The normalized spacial score (nSPS) is 21.6. The number of esters is 1. The lowest BCUT2D eigenvalue weighted by atomic mass is 9.78. The van der Waals surface area contributed by atoms with Gasteiger partial charge in [0.1, 0.15) is 5.75 Å². The first-order valence-electron chi connectivity index (χ1n) is 9.59. The van der Waals surface area contributed by atoms with Gasteiger partial charge in [-0.3, -0.25) is 9.59 Å². The summed E-state index contributed by atoms with van der Waals surface area (Å²) in [5, 5.41) is 11.7. The summed E-state index contributed by atoms with van der Waals surface area (Å²) in [4.78, 5) is 24.0. The van der Waals surface area contributed by atoms with Crippen LogP contribution in [0.4, 0.5) is 0 Å². The molecule has 0 radical (unpaired) electrons. The van der Waals surface area contributed by atoms with E-state index in [1.807, 2.05) is 0 Å². The van der Waals surface area contributed by atoms with Crippen LogP contribution in [0.1, 0.15) is 33.1 Å². The standard InChI is InChI=1S/C20H24ClN3O4S/c1-12-4-3-5-16(13(12)2)22-17(25)10-27-18(26)11-29-20-24-23-19(28-20)14-6-8-15(21)9-7-14/h6-9,12-13,16H,3-5,10-11H2,1-2H3,(H,22,25)/t12-,13-,16+/m1/s1. The topological polar surface area (TPSA) is 94.3 Å². The quantitative estimate of drug-likeness (QED) is 0.517. The molecule has 156 valence electrons. The third-order valence-corrected chi connectivity index (χ3v) is 6.27. The maximum absolute atomic E-state index is 12.1. The van der Waals surface area contributed by atoms with Crippen LogP contribution in [0.2, 0.25) is 5.02 Å². The van der Waals surface area contributed by atoms with Crippen LogP contribution in [-0.2, 0) is 14.3 Å². The minimum absolute atomic E-state index is 0.0214. The summed E-state index contributed by atoms with van der Waals surface area (Å²) in [5.74, 6) is 0.546. The monoisotopic (exact) mass is 437 g/mol. The Morgan fingerprint density at radius 2 is 2.00 bits per heavy atom. The van der Waals surface area contributed by atoms with Crippen LogP contribution in [0.5, 0.6) is 0 Å². The number of ether oxygens (including phenoxy) is 1. The molecule has 3 rings (SSSR count). The molecule has 9 heteroatoms. The number of rotatable bonds is 7. The minimum atomic E-state index is -0.513. The highest BCUT2D eigenvalue weighted by Crippen LogP contribution is 2.29. The van der Waals surface area contributed by atoms with E-state index in [2.05, 4.69) is 29.4 Å². The van der Waals surface area contributed by atoms with Crippen LogP contribution in [-0.4, -0.2) is 40.5 Å². The van der Waals surface area contributed by atoms with Crippen LogP contribution in [0.25, 0.3) is 11.5 Å². The SMILES string of the molecule is C[C@@H]1[C@H](C)CCC[C@@H]1NC(=O)COC(=O)CSc1nnc(-c2ccc(Cl)cc2)o1. The van der Waals surface area contributed by atoms with Crippen molar-refractivity contribution in [3.05, 3.63) is 29.3 Å². The van der Waals surface area contributed by atoms with E-state index >= 15 is 0 Å². The zero-order chi connectivity index (χ0) is 20.8. The predicted molar refractivity (Wildman–Crippen MR) is 111 cm³/mol. The molecule has 1 heterocycles. The van der Waals surface area contributed by atoms with Crippen LogP contribution in [0, 0.1) is 11.8 Å². The number of benzene rings is 1. The Morgan fingerprint density at radius 1 is 1.24 bits per heavy atom. The first-order chi connectivity index (χ1) is 13.9. The van der Waals surface area contributed by atoms with Gasteiger partial charge in [0.15, 0.2) is 6.61 Å². The first-order valence-corrected chi connectivity index (χ1v) is 11.0. The van der Waals surface area contributed by atoms with Crippen LogP contribution < -0.4 is 5.32 Å². The summed E-state index contributed by atoms with van der Waals surface area (Å²) >= 11 is 6.92. The van der Waals surface area contributed by atoms with Crippen molar-refractivity contribution in [1.82, 2.24) is 15.5 Å². The lowest BCUT2D eigenvalue weighted by molar-refractivity contribution is -0.146. The molecule has 3 atom stereocenters. The highest BCUT2D eigenvalue weighted by atomic mass is 35.5. The van der Waals surface area contributed by atoms with E-state index in [9.17, 15) is 9.59 Å². The smallest absolute Gasteiger partial charge is 0.316 e. The second kappa shape index (κ2) is 10.1. The van der Waals surface area contributed by atoms with Crippen molar-refractivity contribution in [2.75, 3.05) is 12.4 Å².